The summed E-state index contributed by atoms with van der Waals surface area (Å²) in [6, 6.07) is 3.56. The van der Waals surface area contributed by atoms with Crippen LogP contribution in [0.5, 0.6) is 11.5 Å². The highest BCUT2D eigenvalue weighted by atomic mass is 16.5. The van der Waals surface area contributed by atoms with Gasteiger partial charge in [0.05, 0.1) is 12.7 Å². The summed E-state index contributed by atoms with van der Waals surface area (Å²) in [5, 5.41) is 18.9. The van der Waals surface area contributed by atoms with Crippen molar-refractivity contribution >= 4 is 11.9 Å². The maximum Gasteiger partial charge on any atom is 0.326 e. The molecule has 0 fully saturated rings. The predicted octanol–water partition coefficient (Wildman–Crippen LogP) is 1.34. The van der Waals surface area contributed by atoms with E-state index in [1.807, 2.05) is 0 Å². The topological polar surface area (TPSA) is 87.1 Å². The fraction of sp³-hybridized carbons (Fsp3) is 0.385. The average molecular weight is 267 g/mol. The number of hydrogen-bond donors (Lipinski definition) is 2. The molecule has 1 aromatic rings. The number of rotatable bonds is 5. The van der Waals surface area contributed by atoms with Crippen LogP contribution in [-0.4, -0.2) is 47.2 Å². The number of carbonyl (C=O) groups is 2. The van der Waals surface area contributed by atoms with E-state index in [2.05, 4.69) is 0 Å². The Morgan fingerprint density at radius 1 is 1.42 bits per heavy atom. The number of phenols is 1. The monoisotopic (exact) mass is 267 g/mol. The summed E-state index contributed by atoms with van der Waals surface area (Å²) in [5.74, 6) is -1.77. The Hall–Kier alpha value is -2.24. The van der Waals surface area contributed by atoms with Crippen molar-refractivity contribution in [2.24, 2.45) is 0 Å². The van der Waals surface area contributed by atoms with E-state index < -0.39 is 17.9 Å². The molecule has 0 aliphatic heterocycles. The van der Waals surface area contributed by atoms with E-state index in [0.717, 1.165) is 4.90 Å². The van der Waals surface area contributed by atoms with E-state index in [9.17, 15) is 14.7 Å². The molecule has 1 amide bonds. The maximum atomic E-state index is 12.2. The number of carboxylic acid groups (broad SMARTS) is 1. The number of para-hydroxylation sites is 1. The number of hydrogen-bond acceptors (Lipinski definition) is 4. The smallest absolute Gasteiger partial charge is 0.326 e. The number of amides is 1. The van der Waals surface area contributed by atoms with Crippen molar-refractivity contribution in [1.29, 1.82) is 0 Å². The fourth-order valence-corrected chi connectivity index (χ4v) is 1.81. The van der Waals surface area contributed by atoms with Crippen LogP contribution in [0.15, 0.2) is 18.2 Å². The zero-order chi connectivity index (χ0) is 14.6. The molecule has 19 heavy (non-hydrogen) atoms. The first-order chi connectivity index (χ1) is 8.93. The Labute approximate surface area is 111 Å². The molecule has 6 nitrogen and oxygen atoms in total. The van der Waals surface area contributed by atoms with E-state index in [4.69, 9.17) is 9.84 Å². The van der Waals surface area contributed by atoms with E-state index in [1.165, 1.54) is 26.3 Å². The third kappa shape index (κ3) is 2.96. The zero-order valence-corrected chi connectivity index (χ0v) is 11.1. The normalized spacial score (nSPS) is 11.7. The lowest BCUT2D eigenvalue weighted by Gasteiger charge is -2.24. The molecule has 0 aliphatic rings. The lowest BCUT2D eigenvalue weighted by Crippen LogP contribution is -2.42. The quantitative estimate of drug-likeness (QED) is 0.840. The molecule has 1 rings (SSSR count). The van der Waals surface area contributed by atoms with Gasteiger partial charge in [0, 0.05) is 7.05 Å². The van der Waals surface area contributed by atoms with Crippen molar-refractivity contribution in [2.45, 2.75) is 19.4 Å². The van der Waals surface area contributed by atoms with Crippen LogP contribution in [0, 0.1) is 0 Å². The van der Waals surface area contributed by atoms with Crippen molar-refractivity contribution in [3.8, 4) is 11.5 Å². The van der Waals surface area contributed by atoms with Gasteiger partial charge in [0.25, 0.3) is 5.91 Å². The molecule has 0 radical (unpaired) electrons. The van der Waals surface area contributed by atoms with Gasteiger partial charge in [-0.05, 0) is 18.6 Å². The van der Waals surface area contributed by atoms with Gasteiger partial charge in [-0.3, -0.25) is 4.79 Å². The largest absolute Gasteiger partial charge is 0.504 e. The molecular weight excluding hydrogens is 250 g/mol. The second-order valence-corrected chi connectivity index (χ2v) is 4.03. The number of nitrogens with zero attached hydrogens (tertiary/aromatic N) is 1. The van der Waals surface area contributed by atoms with Crippen molar-refractivity contribution in [3.05, 3.63) is 23.8 Å². The second kappa shape index (κ2) is 6.08. The molecule has 0 saturated carbocycles. The molecule has 2 N–H and O–H groups in total. The number of likely N-dealkylation sites (N-methyl/N-ethyl adjacent to an activating group) is 1. The minimum atomic E-state index is -1.08. The van der Waals surface area contributed by atoms with Gasteiger partial charge in [0.1, 0.15) is 6.04 Å². The van der Waals surface area contributed by atoms with Gasteiger partial charge in [0.15, 0.2) is 11.5 Å². The molecular formula is C13H17NO5. The van der Waals surface area contributed by atoms with Crippen LogP contribution >= 0.6 is 0 Å². The second-order valence-electron chi connectivity index (χ2n) is 4.03. The molecule has 0 spiro atoms. The number of aliphatic carboxylic acids is 1. The standard InChI is InChI=1S/C13H17NO5/c1-4-9(13(17)18)14(2)12(16)8-6-5-7-10(19-3)11(8)15/h5-7,9,15H,4H2,1-3H3,(H,17,18). The highest BCUT2D eigenvalue weighted by Gasteiger charge is 2.27. The van der Waals surface area contributed by atoms with Crippen molar-refractivity contribution in [1.82, 2.24) is 4.90 Å². The van der Waals surface area contributed by atoms with Crippen LogP contribution in [0.25, 0.3) is 0 Å². The van der Waals surface area contributed by atoms with Gasteiger partial charge in [0.2, 0.25) is 0 Å². The first-order valence-corrected chi connectivity index (χ1v) is 5.79. The first kappa shape index (κ1) is 14.8. The Bertz CT molecular complexity index is 486. The fourth-order valence-electron chi connectivity index (χ4n) is 1.81. The van der Waals surface area contributed by atoms with E-state index >= 15 is 0 Å². The summed E-state index contributed by atoms with van der Waals surface area (Å²) in [7, 11) is 2.77. The van der Waals surface area contributed by atoms with Crippen LogP contribution < -0.4 is 4.74 Å². The molecule has 0 aliphatic carbocycles. The van der Waals surface area contributed by atoms with Crippen LogP contribution in [-0.2, 0) is 4.79 Å². The number of ether oxygens (including phenoxy) is 1. The van der Waals surface area contributed by atoms with Gasteiger partial charge in [-0.1, -0.05) is 13.0 Å². The Kier molecular flexibility index (Phi) is 4.74. The van der Waals surface area contributed by atoms with Crippen LogP contribution in [0.1, 0.15) is 23.7 Å². The van der Waals surface area contributed by atoms with Gasteiger partial charge in [-0.15, -0.1) is 0 Å². The maximum absolute atomic E-state index is 12.2. The molecule has 1 atom stereocenters. The predicted molar refractivity (Wildman–Crippen MR) is 68.5 cm³/mol. The van der Waals surface area contributed by atoms with Crippen molar-refractivity contribution in [3.63, 3.8) is 0 Å². The van der Waals surface area contributed by atoms with Gasteiger partial charge in [-0.25, -0.2) is 4.79 Å². The third-order valence-corrected chi connectivity index (χ3v) is 2.91. The highest BCUT2D eigenvalue weighted by Crippen LogP contribution is 2.30. The van der Waals surface area contributed by atoms with E-state index in [-0.39, 0.29) is 23.5 Å². The number of benzene rings is 1. The molecule has 1 aromatic carbocycles. The number of carboxylic acids is 1. The number of methoxy groups -OCH3 is 1. The number of carbonyl (C=O) groups excluding carboxylic acids is 1. The minimum Gasteiger partial charge on any atom is -0.504 e. The van der Waals surface area contributed by atoms with Crippen molar-refractivity contribution in [2.75, 3.05) is 14.2 Å². The summed E-state index contributed by atoms with van der Waals surface area (Å²) < 4.78 is 4.91. The molecule has 0 heterocycles. The van der Waals surface area contributed by atoms with E-state index in [0.29, 0.717) is 0 Å². The van der Waals surface area contributed by atoms with Crippen LogP contribution in [0.2, 0.25) is 0 Å². The van der Waals surface area contributed by atoms with Gasteiger partial charge < -0.3 is 19.8 Å². The molecule has 104 valence electrons. The SMILES string of the molecule is CCC(C(=O)O)N(C)C(=O)c1cccc(OC)c1O. The lowest BCUT2D eigenvalue weighted by molar-refractivity contribution is -0.142. The Morgan fingerprint density at radius 2 is 2.05 bits per heavy atom. The Balaban J connectivity index is 3.10. The third-order valence-electron chi connectivity index (χ3n) is 2.91. The molecule has 0 aromatic heterocycles. The number of phenolic OH excluding ortho intramolecular Hbond substituents is 1. The zero-order valence-electron chi connectivity index (χ0n) is 11.1. The summed E-state index contributed by atoms with van der Waals surface area (Å²) in [5.41, 5.74) is 0.0153. The summed E-state index contributed by atoms with van der Waals surface area (Å²) in [4.78, 5) is 24.3. The van der Waals surface area contributed by atoms with E-state index in [1.54, 1.807) is 13.0 Å². The summed E-state index contributed by atoms with van der Waals surface area (Å²) >= 11 is 0. The molecule has 0 bridgehead atoms. The molecule has 0 saturated heterocycles. The summed E-state index contributed by atoms with van der Waals surface area (Å²) in [6.07, 6.45) is 0.280. The minimum absolute atomic E-state index is 0.0153. The van der Waals surface area contributed by atoms with Gasteiger partial charge >= 0.3 is 5.97 Å². The number of aromatic hydroxyl groups is 1. The van der Waals surface area contributed by atoms with Crippen molar-refractivity contribution < 1.29 is 24.5 Å². The highest BCUT2D eigenvalue weighted by molar-refractivity contribution is 5.99. The van der Waals surface area contributed by atoms with Crippen LogP contribution in [0.3, 0.4) is 0 Å². The molecule has 6 heteroatoms. The molecule has 1 unspecified atom stereocenters. The van der Waals surface area contributed by atoms with Gasteiger partial charge in [-0.2, -0.15) is 0 Å². The lowest BCUT2D eigenvalue weighted by atomic mass is 10.1. The Morgan fingerprint density at radius 3 is 2.53 bits per heavy atom. The van der Waals surface area contributed by atoms with Crippen LogP contribution in [0.4, 0.5) is 0 Å². The first-order valence-electron chi connectivity index (χ1n) is 5.79. The summed E-state index contributed by atoms with van der Waals surface area (Å²) in [6.45, 7) is 1.67. The average Bonchev–Trinajstić information content (AvgIpc) is 2.38.